The Labute approximate surface area is 714 Å². The predicted molar refractivity (Wildman–Crippen MR) is 456 cm³/mol. The summed E-state index contributed by atoms with van der Waals surface area (Å²) in [6.07, 6.45) is 5.75. The summed E-state index contributed by atoms with van der Waals surface area (Å²) >= 11 is 38.9. The number of halogens is 6. The third kappa shape index (κ3) is 30.1. The van der Waals surface area contributed by atoms with Gasteiger partial charge in [0.1, 0.15) is 5.78 Å². The second-order valence-electron chi connectivity index (χ2n) is 29.8. The van der Waals surface area contributed by atoms with Crippen LogP contribution in [0, 0.1) is 0 Å². The molecule has 25 nitrogen and oxygen atoms in total. The molecule has 4 atom stereocenters. The van der Waals surface area contributed by atoms with Crippen LogP contribution < -0.4 is 36.4 Å². The van der Waals surface area contributed by atoms with Gasteiger partial charge in [0.15, 0.2) is 9.84 Å². The maximum Gasteiger partial charge on any atom is 0.314 e. The van der Waals surface area contributed by atoms with Crippen LogP contribution in [0.25, 0.3) is 0 Å². The Morgan fingerprint density at radius 2 is 0.741 bits per heavy atom. The lowest BCUT2D eigenvalue weighted by Gasteiger charge is -2.33. The number of unbranched alkanes of at least 4 members (excludes halogenated alkanes) is 1. The molecule has 0 aromatic heterocycles. The Balaban J connectivity index is 0.622. The minimum atomic E-state index is -3.85. The molecule has 0 fully saturated rings. The number of carbonyl (C=O) groups is 3. The molecule has 3 aliphatic heterocycles. The SMILES string of the molecule is CN1Cc2c(Cl)cc(Cl)cc2[C@H](c2cccc(S(=O)(=O)CCCOCCOCCNC(=O)NCCCC(N)(CCCCC(=O)CCCOCCOCCNS(=O)(=O)c3cccc([C@@H]4CN(C)Cc5c(Cl)cc(Cl)cc54)c3)CCCNC(=O)NCCOCCOCCNS(=O)(=O)c3cccc([C@@H]4CN(C)Cc5c(Cl)cc(Cl)cc54)c3)c2)C1. The van der Waals surface area contributed by atoms with Crippen LogP contribution in [-0.4, -0.2) is 228 Å². The van der Waals surface area contributed by atoms with Crippen molar-refractivity contribution in [2.75, 3.05) is 165 Å². The van der Waals surface area contributed by atoms with E-state index in [1.165, 1.54) is 0 Å². The van der Waals surface area contributed by atoms with Crippen LogP contribution in [-0.2, 0) is 82.7 Å². The predicted octanol–water partition coefficient (Wildman–Crippen LogP) is 12.3. The van der Waals surface area contributed by atoms with Crippen molar-refractivity contribution in [3.63, 3.8) is 0 Å². The number of nitrogens with two attached hydrogens (primary N) is 1. The molecule has 0 aliphatic carbocycles. The zero-order valence-electron chi connectivity index (χ0n) is 66.1. The molecule has 4 amide bonds. The van der Waals surface area contributed by atoms with Crippen LogP contribution in [0.15, 0.2) is 124 Å². The Morgan fingerprint density at radius 3 is 1.15 bits per heavy atom. The molecule has 638 valence electrons. The molecular weight excluding hydrogens is 1670 g/mol. The number of Topliss-reactive ketones (excluding diaryl/α,β-unsaturated/α-hetero) is 1. The summed E-state index contributed by atoms with van der Waals surface area (Å²) in [6.45, 7) is 8.03. The van der Waals surface area contributed by atoms with E-state index in [0.717, 1.165) is 50.1 Å². The zero-order valence-corrected chi connectivity index (χ0v) is 73.1. The molecule has 0 saturated carbocycles. The van der Waals surface area contributed by atoms with E-state index in [9.17, 15) is 39.6 Å². The van der Waals surface area contributed by atoms with Crippen LogP contribution >= 0.6 is 69.6 Å². The zero-order chi connectivity index (χ0) is 83.3. The molecule has 1 unspecified atom stereocenters. The highest BCUT2D eigenvalue weighted by Gasteiger charge is 2.33. The van der Waals surface area contributed by atoms with Crippen LogP contribution in [0.2, 0.25) is 30.1 Å². The second kappa shape index (κ2) is 47.2. The molecule has 3 heterocycles. The van der Waals surface area contributed by atoms with Crippen molar-refractivity contribution < 1.29 is 68.1 Å². The number of carbonyl (C=O) groups excluding carboxylic acids is 3. The molecule has 34 heteroatoms. The molecule has 0 bridgehead atoms. The second-order valence-corrected chi connectivity index (χ2v) is 37.9. The van der Waals surface area contributed by atoms with Crippen molar-refractivity contribution in [3.05, 3.63) is 189 Å². The number of benzene rings is 6. The molecular formula is C82H110Cl6N10O15S3. The number of ketones is 1. The standard InChI is InChI=1S/C82H110Cl6N10O15S3/c1-96-52-71(68-46-61(83)49-77(86)74(68)55-96)58-13-6-18-65(43-58)114(102,103)42-12-31-109-37-38-110-32-26-92-80(100)90-24-10-22-82(89,21-5-4-16-64(99)17-9-30-108-36-39-112-34-28-94-115(104,105)66-19-7-14-59(44-66)72-53-97(2)56-75-69(72)47-62(84)50-78(75)87)23-11-25-91-81(101)93-27-33-111-40-41-113-35-29-95-116(106,107)67-20-8-15-60(45-67)73-54-98(3)57-76-70(73)48-63(85)51-79(76)88/h6-8,13-15,18-20,43-51,71-73,94-95H,4-5,9-12,16-17,21-42,52-57,89H2,1-3H3,(H2,90,92,100)(H2,91,93,101)/t71-,72-,73-,82?/m0/s1. The summed E-state index contributed by atoms with van der Waals surface area (Å²) in [6, 6.07) is 31.0. The largest absolute Gasteiger partial charge is 0.379 e. The Hall–Kier alpha value is -5.36. The van der Waals surface area contributed by atoms with Crippen LogP contribution in [0.4, 0.5) is 9.59 Å². The number of ether oxygens (including phenoxy) is 6. The van der Waals surface area contributed by atoms with Crippen LogP contribution in [0.5, 0.6) is 0 Å². The van der Waals surface area contributed by atoms with E-state index in [4.69, 9.17) is 104 Å². The first-order chi connectivity index (χ1) is 55.6. The lowest BCUT2D eigenvalue weighted by molar-refractivity contribution is -0.119. The monoisotopic (exact) mass is 1780 g/mol. The van der Waals surface area contributed by atoms with Crippen LogP contribution in [0.1, 0.15) is 138 Å². The summed E-state index contributed by atoms with van der Waals surface area (Å²) in [5, 5.41) is 14.7. The Morgan fingerprint density at radius 1 is 0.405 bits per heavy atom. The quantitative estimate of drug-likeness (QED) is 0.0175. The van der Waals surface area contributed by atoms with Gasteiger partial charge in [0, 0.05) is 158 Å². The topological polar surface area (TPSA) is 317 Å². The van der Waals surface area contributed by atoms with Gasteiger partial charge in [-0.3, -0.25) is 4.79 Å². The number of hydrogen-bond acceptors (Lipinski definition) is 19. The number of hydrogen-bond donors (Lipinski definition) is 7. The maximum absolute atomic E-state index is 13.5. The van der Waals surface area contributed by atoms with E-state index >= 15 is 0 Å². The van der Waals surface area contributed by atoms with Gasteiger partial charge < -0.3 is 70.1 Å². The van der Waals surface area contributed by atoms with Crippen molar-refractivity contribution in [1.29, 1.82) is 0 Å². The van der Waals surface area contributed by atoms with Crippen molar-refractivity contribution in [2.45, 2.75) is 128 Å². The minimum absolute atomic E-state index is 0.0457. The number of nitrogens with zero attached hydrogens (tertiary/aromatic N) is 3. The van der Waals surface area contributed by atoms with E-state index in [1.54, 1.807) is 72.8 Å². The average molecular weight is 1780 g/mol. The van der Waals surface area contributed by atoms with Gasteiger partial charge in [-0.15, -0.1) is 0 Å². The highest BCUT2D eigenvalue weighted by atomic mass is 35.5. The molecule has 0 spiro atoms. The van der Waals surface area contributed by atoms with Gasteiger partial charge in [0.05, 0.1) is 86.5 Å². The van der Waals surface area contributed by atoms with E-state index < -0.39 is 35.4 Å². The maximum atomic E-state index is 13.5. The van der Waals surface area contributed by atoms with Crippen molar-refractivity contribution in [2.24, 2.45) is 5.73 Å². The van der Waals surface area contributed by atoms with Gasteiger partial charge in [0.2, 0.25) is 20.0 Å². The van der Waals surface area contributed by atoms with Crippen molar-refractivity contribution in [1.82, 2.24) is 45.4 Å². The average Bonchev–Trinajstić information content (AvgIpc) is 0.781. The Bertz CT molecular complexity index is 4130. The third-order valence-electron chi connectivity index (χ3n) is 20.6. The number of amides is 4. The first kappa shape index (κ1) is 94.5. The fourth-order valence-corrected chi connectivity index (χ4v) is 19.9. The number of nitrogens with one attached hydrogen (secondary N) is 6. The number of sulfone groups is 1. The molecule has 3 aliphatic rings. The number of sulfonamides is 2. The number of fused-ring (bicyclic) bond motifs is 3. The first-order valence-corrected chi connectivity index (χ1v) is 46.3. The molecule has 9 rings (SSSR count). The van der Waals surface area contributed by atoms with Crippen LogP contribution in [0.3, 0.4) is 0 Å². The van der Waals surface area contributed by atoms with Gasteiger partial charge in [0.25, 0.3) is 0 Å². The smallest absolute Gasteiger partial charge is 0.314 e. The number of urea groups is 2. The van der Waals surface area contributed by atoms with E-state index in [2.05, 4.69) is 45.4 Å². The molecule has 6 aromatic rings. The fraction of sp³-hybridized carbons (Fsp3) is 0.524. The van der Waals surface area contributed by atoms with Gasteiger partial charge in [-0.25, -0.2) is 44.3 Å². The number of likely N-dealkylation sites (N-methyl/N-ethyl adjacent to an activating group) is 3. The van der Waals surface area contributed by atoms with Crippen molar-refractivity contribution >= 4 is 117 Å². The lowest BCUT2D eigenvalue weighted by atomic mass is 9.84. The summed E-state index contributed by atoms with van der Waals surface area (Å²) in [5.41, 5.74) is 14.9. The van der Waals surface area contributed by atoms with Gasteiger partial charge in [-0.2, -0.15) is 0 Å². The van der Waals surface area contributed by atoms with E-state index in [0.29, 0.717) is 160 Å². The first-order valence-electron chi connectivity index (χ1n) is 39.4. The van der Waals surface area contributed by atoms with E-state index in [-0.39, 0.29) is 155 Å². The fourth-order valence-electron chi connectivity index (χ4n) is 14.8. The highest BCUT2D eigenvalue weighted by Crippen LogP contribution is 2.43. The lowest BCUT2D eigenvalue weighted by Crippen LogP contribution is -2.43. The van der Waals surface area contributed by atoms with Gasteiger partial charge in [-0.1, -0.05) is 112 Å². The summed E-state index contributed by atoms with van der Waals surface area (Å²) < 4.78 is 120. The van der Waals surface area contributed by atoms with Crippen molar-refractivity contribution in [3.8, 4) is 0 Å². The normalized spacial score (nSPS) is 16.6. The highest BCUT2D eigenvalue weighted by molar-refractivity contribution is 7.91. The molecule has 6 aromatic carbocycles. The molecule has 116 heavy (non-hydrogen) atoms. The number of rotatable bonds is 50. The van der Waals surface area contributed by atoms with Gasteiger partial charge >= 0.3 is 12.1 Å². The summed E-state index contributed by atoms with van der Waals surface area (Å²) in [4.78, 5) is 45.5. The van der Waals surface area contributed by atoms with E-state index in [1.807, 2.05) is 57.5 Å². The summed E-state index contributed by atoms with van der Waals surface area (Å²) in [7, 11) is -5.29. The molecule has 0 saturated heterocycles. The summed E-state index contributed by atoms with van der Waals surface area (Å²) in [5.74, 6) is -0.318. The third-order valence-corrected chi connectivity index (χ3v) is 27.0. The molecule has 8 N–H and O–H groups in total. The minimum Gasteiger partial charge on any atom is -0.379 e. The Kier molecular flexibility index (Phi) is 38.4. The van der Waals surface area contributed by atoms with Gasteiger partial charge in [-0.05, 0) is 195 Å². The molecule has 0 radical (unpaired) electrons.